The summed E-state index contributed by atoms with van der Waals surface area (Å²) in [4.78, 5) is 32.8. The molecule has 2 heterocycles. The van der Waals surface area contributed by atoms with E-state index in [0.717, 1.165) is 36.8 Å². The summed E-state index contributed by atoms with van der Waals surface area (Å²) in [6.45, 7) is 6.88. The maximum absolute atomic E-state index is 13.7. The fourth-order valence-electron chi connectivity index (χ4n) is 3.20. The topological polar surface area (TPSA) is 65.5 Å². The van der Waals surface area contributed by atoms with Crippen molar-refractivity contribution < 1.29 is 14.0 Å². The number of aryl methyl sites for hydroxylation is 1. The largest absolute Gasteiger partial charge is 0.337 e. The minimum atomic E-state index is -0.497. The number of nitrogens with zero attached hydrogens (tertiary/aromatic N) is 3. The highest BCUT2D eigenvalue weighted by molar-refractivity contribution is 7.09. The van der Waals surface area contributed by atoms with Gasteiger partial charge in [-0.3, -0.25) is 14.5 Å². The molecule has 0 unspecified atom stereocenters. The van der Waals surface area contributed by atoms with E-state index in [1.807, 2.05) is 6.92 Å². The zero-order valence-electron chi connectivity index (χ0n) is 15.5. The zero-order valence-corrected chi connectivity index (χ0v) is 16.3. The molecule has 6 nitrogen and oxygen atoms in total. The van der Waals surface area contributed by atoms with Gasteiger partial charge in [0, 0.05) is 45.0 Å². The number of carbonyl (C=O) groups is 2. The summed E-state index contributed by atoms with van der Waals surface area (Å²) in [6, 6.07) is 3.86. The Labute approximate surface area is 162 Å². The van der Waals surface area contributed by atoms with E-state index < -0.39 is 5.82 Å². The predicted molar refractivity (Wildman–Crippen MR) is 103 cm³/mol. The molecule has 0 bridgehead atoms. The normalized spacial score (nSPS) is 15.4. The number of aromatic nitrogens is 1. The molecule has 8 heteroatoms. The van der Waals surface area contributed by atoms with Crippen molar-refractivity contribution in [3.05, 3.63) is 45.7 Å². The molecule has 1 saturated heterocycles. The predicted octanol–water partition coefficient (Wildman–Crippen LogP) is 2.90. The molecule has 1 aliphatic rings. The highest BCUT2D eigenvalue weighted by Crippen LogP contribution is 2.21. The molecule has 0 spiro atoms. The number of carbonyl (C=O) groups excluding carboxylic acids is 2. The summed E-state index contributed by atoms with van der Waals surface area (Å²) in [6.07, 6.45) is 0.833. The van der Waals surface area contributed by atoms with Crippen LogP contribution in [0.5, 0.6) is 0 Å². The van der Waals surface area contributed by atoms with Gasteiger partial charge in [0.05, 0.1) is 22.0 Å². The lowest BCUT2D eigenvalue weighted by molar-refractivity contribution is -0.114. The highest BCUT2D eigenvalue weighted by atomic mass is 32.1. The average Bonchev–Trinajstić information content (AvgIpc) is 2.88. The monoisotopic (exact) mass is 390 g/mol. The first-order valence-corrected chi connectivity index (χ1v) is 9.80. The van der Waals surface area contributed by atoms with Gasteiger partial charge in [-0.05, 0) is 31.5 Å². The van der Waals surface area contributed by atoms with Crippen molar-refractivity contribution in [1.82, 2.24) is 14.8 Å². The Morgan fingerprint density at radius 1 is 1.26 bits per heavy atom. The molecule has 1 aliphatic heterocycles. The molecule has 1 fully saturated rings. The molecular formula is C19H23FN4O2S. The average molecular weight is 390 g/mol. The molecule has 3 rings (SSSR count). The number of hydrogen-bond donors (Lipinski definition) is 1. The Balaban J connectivity index is 1.69. The third-order valence-corrected chi connectivity index (χ3v) is 5.27. The van der Waals surface area contributed by atoms with Crippen molar-refractivity contribution in [3.63, 3.8) is 0 Å². The first-order valence-electron chi connectivity index (χ1n) is 8.92. The molecule has 0 atom stereocenters. The Bertz CT molecular complexity index is 839. The molecule has 144 valence electrons. The van der Waals surface area contributed by atoms with Crippen LogP contribution >= 0.6 is 11.3 Å². The first-order chi connectivity index (χ1) is 12.9. The van der Waals surface area contributed by atoms with Crippen LogP contribution in [0.15, 0.2) is 23.6 Å². The number of nitrogens with one attached hydrogen (secondary N) is 1. The van der Waals surface area contributed by atoms with Crippen molar-refractivity contribution in [1.29, 1.82) is 0 Å². The maximum atomic E-state index is 13.7. The fraction of sp³-hybridized carbons (Fsp3) is 0.421. The van der Waals surface area contributed by atoms with E-state index in [1.54, 1.807) is 16.2 Å². The molecule has 1 aromatic carbocycles. The standard InChI is InChI=1S/C19H23FN4O2S/c1-13(25)21-18-5-4-15(20)10-17(18)19(26)24-7-3-6-23(8-9-24)11-16-12-27-14(2)22-16/h4-5,10,12H,3,6-9,11H2,1-2H3,(H,21,25). The Kier molecular flexibility index (Phi) is 6.18. The van der Waals surface area contributed by atoms with Gasteiger partial charge in [-0.15, -0.1) is 11.3 Å². The summed E-state index contributed by atoms with van der Waals surface area (Å²) < 4.78 is 13.7. The van der Waals surface area contributed by atoms with E-state index in [0.29, 0.717) is 18.8 Å². The minimum absolute atomic E-state index is 0.189. The highest BCUT2D eigenvalue weighted by Gasteiger charge is 2.23. The smallest absolute Gasteiger partial charge is 0.256 e. The van der Waals surface area contributed by atoms with Crippen LogP contribution in [0, 0.1) is 12.7 Å². The van der Waals surface area contributed by atoms with Gasteiger partial charge in [0.15, 0.2) is 0 Å². The number of hydrogen-bond acceptors (Lipinski definition) is 5. The van der Waals surface area contributed by atoms with Crippen molar-refractivity contribution >= 4 is 28.8 Å². The van der Waals surface area contributed by atoms with Gasteiger partial charge >= 0.3 is 0 Å². The van der Waals surface area contributed by atoms with Crippen LogP contribution < -0.4 is 5.32 Å². The second-order valence-electron chi connectivity index (χ2n) is 6.65. The number of amides is 2. The van der Waals surface area contributed by atoms with E-state index in [2.05, 4.69) is 20.6 Å². The molecule has 27 heavy (non-hydrogen) atoms. The van der Waals surface area contributed by atoms with Crippen LogP contribution in [-0.4, -0.2) is 52.8 Å². The van der Waals surface area contributed by atoms with Crippen LogP contribution in [0.3, 0.4) is 0 Å². The van der Waals surface area contributed by atoms with Crippen LogP contribution in [0.25, 0.3) is 0 Å². The molecule has 0 aliphatic carbocycles. The zero-order chi connectivity index (χ0) is 19.4. The minimum Gasteiger partial charge on any atom is -0.337 e. The van der Waals surface area contributed by atoms with Gasteiger partial charge in [-0.1, -0.05) is 0 Å². The summed E-state index contributed by atoms with van der Waals surface area (Å²) in [7, 11) is 0. The van der Waals surface area contributed by atoms with Crippen LogP contribution in [0.4, 0.5) is 10.1 Å². The summed E-state index contributed by atoms with van der Waals surface area (Å²) >= 11 is 1.64. The van der Waals surface area contributed by atoms with Gasteiger partial charge in [0.1, 0.15) is 5.82 Å². The van der Waals surface area contributed by atoms with Gasteiger partial charge in [-0.25, -0.2) is 9.37 Å². The van der Waals surface area contributed by atoms with Gasteiger partial charge < -0.3 is 10.2 Å². The second-order valence-corrected chi connectivity index (χ2v) is 7.71. The number of anilines is 1. The van der Waals surface area contributed by atoms with Gasteiger partial charge in [-0.2, -0.15) is 0 Å². The third kappa shape index (κ3) is 5.11. The quantitative estimate of drug-likeness (QED) is 0.872. The molecule has 0 saturated carbocycles. The molecule has 1 N–H and O–H groups in total. The molecular weight excluding hydrogens is 367 g/mol. The van der Waals surface area contributed by atoms with Crippen LogP contribution in [0.1, 0.15) is 34.4 Å². The summed E-state index contributed by atoms with van der Waals surface area (Å²) in [5, 5.41) is 5.72. The number of rotatable bonds is 4. The Morgan fingerprint density at radius 2 is 2.07 bits per heavy atom. The lowest BCUT2D eigenvalue weighted by Crippen LogP contribution is -2.35. The van der Waals surface area contributed by atoms with Crippen molar-refractivity contribution in [2.75, 3.05) is 31.5 Å². The molecule has 0 radical (unpaired) electrons. The Morgan fingerprint density at radius 3 is 2.78 bits per heavy atom. The number of thiazole rings is 1. The SMILES string of the molecule is CC(=O)Nc1ccc(F)cc1C(=O)N1CCCN(Cc2csc(C)n2)CC1. The van der Waals surface area contributed by atoms with Gasteiger partial charge in [0.25, 0.3) is 5.91 Å². The first kappa shape index (κ1) is 19.4. The van der Waals surface area contributed by atoms with Crippen molar-refractivity contribution in [2.24, 2.45) is 0 Å². The lowest BCUT2D eigenvalue weighted by Gasteiger charge is -2.23. The molecule has 1 aromatic heterocycles. The Hall–Kier alpha value is -2.32. The van der Waals surface area contributed by atoms with E-state index in [9.17, 15) is 14.0 Å². The second kappa shape index (κ2) is 8.58. The van der Waals surface area contributed by atoms with Crippen molar-refractivity contribution in [3.8, 4) is 0 Å². The van der Waals surface area contributed by atoms with E-state index in [-0.39, 0.29) is 17.4 Å². The maximum Gasteiger partial charge on any atom is 0.256 e. The van der Waals surface area contributed by atoms with Gasteiger partial charge in [0.2, 0.25) is 5.91 Å². The third-order valence-electron chi connectivity index (χ3n) is 4.45. The van der Waals surface area contributed by atoms with Crippen LogP contribution in [0.2, 0.25) is 0 Å². The van der Waals surface area contributed by atoms with E-state index >= 15 is 0 Å². The van der Waals surface area contributed by atoms with Crippen molar-refractivity contribution in [2.45, 2.75) is 26.8 Å². The molecule has 2 amide bonds. The molecule has 2 aromatic rings. The number of halogens is 1. The van der Waals surface area contributed by atoms with E-state index in [1.165, 1.54) is 25.1 Å². The summed E-state index contributed by atoms with van der Waals surface area (Å²) in [5.74, 6) is -1.05. The lowest BCUT2D eigenvalue weighted by atomic mass is 10.1. The van der Waals surface area contributed by atoms with Crippen LogP contribution in [-0.2, 0) is 11.3 Å². The fourth-order valence-corrected chi connectivity index (χ4v) is 3.81. The summed E-state index contributed by atoms with van der Waals surface area (Å²) in [5.41, 5.74) is 1.58. The van der Waals surface area contributed by atoms with E-state index in [4.69, 9.17) is 0 Å². The number of benzene rings is 1.